The average Bonchev–Trinajstić information content (AvgIpc) is 2.47. The number of piperidine rings is 1. The molecule has 0 spiro atoms. The number of benzene rings is 2. The monoisotopic (exact) mass is 256 g/mol. The molecule has 1 aliphatic heterocycles. The van der Waals surface area contributed by atoms with E-state index in [0.717, 1.165) is 25.9 Å². The van der Waals surface area contributed by atoms with Gasteiger partial charge >= 0.3 is 0 Å². The second-order valence-electron chi connectivity index (χ2n) is 5.21. The molecule has 0 radical (unpaired) electrons. The van der Waals surface area contributed by atoms with E-state index in [9.17, 15) is 5.11 Å². The van der Waals surface area contributed by atoms with Crippen molar-refractivity contribution < 1.29 is 5.11 Å². The van der Waals surface area contributed by atoms with Crippen molar-refractivity contribution in [2.75, 3.05) is 18.0 Å². The third kappa shape index (κ3) is 2.31. The zero-order valence-electron chi connectivity index (χ0n) is 11.0. The third-order valence-electron chi connectivity index (χ3n) is 4.02. The highest BCUT2D eigenvalue weighted by molar-refractivity contribution is 5.96. The van der Waals surface area contributed by atoms with Gasteiger partial charge in [-0.1, -0.05) is 30.3 Å². The van der Waals surface area contributed by atoms with Crippen LogP contribution in [-0.4, -0.2) is 24.3 Å². The number of aliphatic hydroxyl groups excluding tert-OH is 1. The first-order chi connectivity index (χ1) is 9.29. The predicted molar refractivity (Wildman–Crippen MR) is 79.3 cm³/mol. The summed E-state index contributed by atoms with van der Waals surface area (Å²) in [5.41, 5.74) is 8.27. The Morgan fingerprint density at radius 3 is 2.42 bits per heavy atom. The minimum Gasteiger partial charge on any atom is -0.393 e. The fourth-order valence-electron chi connectivity index (χ4n) is 2.91. The summed E-state index contributed by atoms with van der Waals surface area (Å²) in [6.07, 6.45) is 1.57. The van der Waals surface area contributed by atoms with E-state index >= 15 is 0 Å². The molecule has 2 aromatic carbocycles. The second kappa shape index (κ2) is 5.19. The van der Waals surface area contributed by atoms with Gasteiger partial charge in [0.15, 0.2) is 0 Å². The van der Waals surface area contributed by atoms with Gasteiger partial charge < -0.3 is 15.7 Å². The van der Waals surface area contributed by atoms with Crippen LogP contribution in [0.25, 0.3) is 10.8 Å². The summed E-state index contributed by atoms with van der Waals surface area (Å²) < 4.78 is 0. The molecule has 0 amide bonds. The third-order valence-corrected chi connectivity index (χ3v) is 4.02. The van der Waals surface area contributed by atoms with Crippen LogP contribution in [0.15, 0.2) is 36.4 Å². The summed E-state index contributed by atoms with van der Waals surface area (Å²) in [5.74, 6) is 0. The van der Waals surface area contributed by atoms with Gasteiger partial charge in [0.1, 0.15) is 0 Å². The second-order valence-corrected chi connectivity index (χ2v) is 5.21. The van der Waals surface area contributed by atoms with E-state index in [0.29, 0.717) is 6.54 Å². The number of fused-ring (bicyclic) bond motifs is 1. The van der Waals surface area contributed by atoms with Crippen molar-refractivity contribution in [3.05, 3.63) is 42.0 Å². The van der Waals surface area contributed by atoms with Crippen LogP contribution in [0, 0.1) is 0 Å². The molecule has 1 heterocycles. The van der Waals surface area contributed by atoms with E-state index in [1.54, 1.807) is 0 Å². The average molecular weight is 256 g/mol. The molecule has 3 N–H and O–H groups in total. The molecule has 0 unspecified atom stereocenters. The van der Waals surface area contributed by atoms with Gasteiger partial charge in [0.2, 0.25) is 0 Å². The minimum absolute atomic E-state index is 0.133. The maximum atomic E-state index is 9.63. The number of hydrogen-bond acceptors (Lipinski definition) is 3. The van der Waals surface area contributed by atoms with Crippen molar-refractivity contribution >= 4 is 16.5 Å². The molecule has 19 heavy (non-hydrogen) atoms. The first-order valence-corrected chi connectivity index (χ1v) is 6.93. The molecule has 3 nitrogen and oxygen atoms in total. The van der Waals surface area contributed by atoms with E-state index in [2.05, 4.69) is 41.3 Å². The number of nitrogens with zero attached hydrogens (tertiary/aromatic N) is 1. The lowest BCUT2D eigenvalue weighted by atomic mass is 10.0. The van der Waals surface area contributed by atoms with Crippen molar-refractivity contribution in [2.24, 2.45) is 5.73 Å². The molecular formula is C16H20N2O. The van der Waals surface area contributed by atoms with Gasteiger partial charge in [0, 0.05) is 30.7 Å². The van der Waals surface area contributed by atoms with Crippen LogP contribution in [0.5, 0.6) is 0 Å². The molecule has 100 valence electrons. The molecule has 0 atom stereocenters. The lowest BCUT2D eigenvalue weighted by Crippen LogP contribution is -2.35. The minimum atomic E-state index is -0.133. The highest BCUT2D eigenvalue weighted by atomic mass is 16.3. The Hall–Kier alpha value is -1.58. The number of aliphatic hydroxyl groups is 1. The van der Waals surface area contributed by atoms with E-state index in [-0.39, 0.29) is 6.10 Å². The van der Waals surface area contributed by atoms with Crippen molar-refractivity contribution in [1.82, 2.24) is 0 Å². The summed E-state index contributed by atoms with van der Waals surface area (Å²) in [7, 11) is 0. The Bertz CT molecular complexity index is 574. The van der Waals surface area contributed by atoms with Crippen LogP contribution in [0.3, 0.4) is 0 Å². The Kier molecular flexibility index (Phi) is 3.40. The van der Waals surface area contributed by atoms with Gasteiger partial charge in [0.05, 0.1) is 6.10 Å². The van der Waals surface area contributed by atoms with Crippen LogP contribution in [0.2, 0.25) is 0 Å². The van der Waals surface area contributed by atoms with E-state index in [1.165, 1.54) is 22.0 Å². The fourth-order valence-corrected chi connectivity index (χ4v) is 2.91. The van der Waals surface area contributed by atoms with Crippen molar-refractivity contribution in [1.29, 1.82) is 0 Å². The molecule has 1 saturated heterocycles. The molecule has 0 bridgehead atoms. The summed E-state index contributed by atoms with van der Waals surface area (Å²) >= 11 is 0. The van der Waals surface area contributed by atoms with E-state index < -0.39 is 0 Å². The number of rotatable bonds is 2. The maximum Gasteiger partial charge on any atom is 0.0574 e. The molecule has 3 heteroatoms. The Balaban J connectivity index is 2.04. The van der Waals surface area contributed by atoms with Crippen LogP contribution >= 0.6 is 0 Å². The zero-order valence-corrected chi connectivity index (χ0v) is 11.0. The quantitative estimate of drug-likeness (QED) is 0.866. The smallest absolute Gasteiger partial charge is 0.0574 e. The maximum absolute atomic E-state index is 9.63. The van der Waals surface area contributed by atoms with Crippen LogP contribution in [0.4, 0.5) is 5.69 Å². The van der Waals surface area contributed by atoms with Gasteiger partial charge in [-0.25, -0.2) is 0 Å². The summed E-state index contributed by atoms with van der Waals surface area (Å²) in [6, 6.07) is 12.7. The Labute approximate surface area is 113 Å². The molecule has 0 saturated carbocycles. The molecule has 1 fully saturated rings. The number of anilines is 1. The van der Waals surface area contributed by atoms with Crippen LogP contribution in [-0.2, 0) is 6.54 Å². The van der Waals surface area contributed by atoms with Gasteiger partial charge in [0.25, 0.3) is 0 Å². The van der Waals surface area contributed by atoms with Gasteiger partial charge in [-0.15, -0.1) is 0 Å². The SMILES string of the molecule is NCc1ccc(N2CCC(O)CC2)c2ccccc12. The van der Waals surface area contributed by atoms with Crippen molar-refractivity contribution in [3.8, 4) is 0 Å². The highest BCUT2D eigenvalue weighted by Crippen LogP contribution is 2.31. The molecule has 1 aliphatic rings. The molecule has 0 aliphatic carbocycles. The van der Waals surface area contributed by atoms with Gasteiger partial charge in [-0.05, 0) is 29.9 Å². The Morgan fingerprint density at radius 1 is 1.05 bits per heavy atom. The fraction of sp³-hybridized carbons (Fsp3) is 0.375. The summed E-state index contributed by atoms with van der Waals surface area (Å²) in [4.78, 5) is 2.37. The van der Waals surface area contributed by atoms with E-state index in [4.69, 9.17) is 5.73 Å². The summed E-state index contributed by atoms with van der Waals surface area (Å²) in [6.45, 7) is 2.42. The van der Waals surface area contributed by atoms with E-state index in [1.807, 2.05) is 0 Å². The number of hydrogen-bond donors (Lipinski definition) is 2. The van der Waals surface area contributed by atoms with Gasteiger partial charge in [-0.2, -0.15) is 0 Å². The zero-order chi connectivity index (χ0) is 13.2. The predicted octanol–water partition coefficient (Wildman–Crippen LogP) is 2.26. The number of nitrogens with two attached hydrogens (primary N) is 1. The first kappa shape index (κ1) is 12.5. The van der Waals surface area contributed by atoms with Crippen molar-refractivity contribution in [3.63, 3.8) is 0 Å². The lowest BCUT2D eigenvalue weighted by Gasteiger charge is -2.32. The van der Waals surface area contributed by atoms with Crippen LogP contribution < -0.4 is 10.6 Å². The van der Waals surface area contributed by atoms with Gasteiger partial charge in [-0.3, -0.25) is 0 Å². The standard InChI is InChI=1S/C16H20N2O/c17-11-12-5-6-16(15-4-2-1-3-14(12)15)18-9-7-13(19)8-10-18/h1-6,13,19H,7-11,17H2. The molecule has 2 aromatic rings. The Morgan fingerprint density at radius 2 is 1.74 bits per heavy atom. The lowest BCUT2D eigenvalue weighted by molar-refractivity contribution is 0.145. The summed E-state index contributed by atoms with van der Waals surface area (Å²) in [5, 5.41) is 12.1. The molecule has 3 rings (SSSR count). The van der Waals surface area contributed by atoms with Crippen molar-refractivity contribution in [2.45, 2.75) is 25.5 Å². The molecule has 0 aromatic heterocycles. The molecular weight excluding hydrogens is 236 g/mol. The van der Waals surface area contributed by atoms with Crippen LogP contribution in [0.1, 0.15) is 18.4 Å². The largest absolute Gasteiger partial charge is 0.393 e. The highest BCUT2D eigenvalue weighted by Gasteiger charge is 2.19. The topological polar surface area (TPSA) is 49.5 Å². The normalized spacial score (nSPS) is 17.1. The first-order valence-electron chi connectivity index (χ1n) is 6.93.